The molecule has 2 aliphatic carbocycles. The van der Waals surface area contributed by atoms with Gasteiger partial charge in [0.25, 0.3) is 5.91 Å². The third kappa shape index (κ3) is 3.11. The SMILES string of the molecule is Cc1ccc2nc(C3CC3)cc(C(=O)NC3(CC(=O)O)CCC3)c2c1. The van der Waals surface area contributed by atoms with Gasteiger partial charge in [0.1, 0.15) is 0 Å². The summed E-state index contributed by atoms with van der Waals surface area (Å²) in [5, 5.41) is 13.0. The monoisotopic (exact) mass is 338 g/mol. The van der Waals surface area contributed by atoms with Gasteiger partial charge >= 0.3 is 5.97 Å². The van der Waals surface area contributed by atoms with Gasteiger partial charge in [0.05, 0.1) is 23.0 Å². The van der Waals surface area contributed by atoms with Gasteiger partial charge in [-0.3, -0.25) is 14.6 Å². The molecule has 1 amide bonds. The lowest BCUT2D eigenvalue weighted by molar-refractivity contribution is -0.139. The van der Waals surface area contributed by atoms with Gasteiger partial charge in [0, 0.05) is 17.0 Å². The fourth-order valence-electron chi connectivity index (χ4n) is 3.68. The smallest absolute Gasteiger partial charge is 0.305 e. The van der Waals surface area contributed by atoms with Gasteiger partial charge in [0.15, 0.2) is 0 Å². The first kappa shape index (κ1) is 16.1. The number of aliphatic carboxylic acids is 1. The standard InChI is InChI=1S/C20H22N2O3/c1-12-3-6-16-14(9-12)15(10-17(21-16)13-4-5-13)19(25)22-20(7-2-8-20)11-18(23)24/h3,6,9-10,13H,2,4-5,7-8,11H2,1H3,(H,22,25)(H,23,24). The fraction of sp³-hybridized carbons (Fsp3) is 0.450. The van der Waals surface area contributed by atoms with E-state index in [4.69, 9.17) is 10.1 Å². The number of nitrogens with one attached hydrogen (secondary N) is 1. The molecule has 1 heterocycles. The molecule has 0 saturated heterocycles. The Morgan fingerprint density at radius 2 is 2.04 bits per heavy atom. The quantitative estimate of drug-likeness (QED) is 0.874. The minimum absolute atomic E-state index is 0.0176. The third-order valence-electron chi connectivity index (χ3n) is 5.40. The van der Waals surface area contributed by atoms with Gasteiger partial charge < -0.3 is 10.4 Å². The maximum Gasteiger partial charge on any atom is 0.305 e. The highest BCUT2D eigenvalue weighted by Crippen LogP contribution is 2.41. The summed E-state index contributed by atoms with van der Waals surface area (Å²) in [4.78, 5) is 28.9. The van der Waals surface area contributed by atoms with Crippen LogP contribution in [0.4, 0.5) is 0 Å². The van der Waals surface area contributed by atoms with Crippen LogP contribution in [0.5, 0.6) is 0 Å². The van der Waals surface area contributed by atoms with Gasteiger partial charge in [-0.1, -0.05) is 11.6 Å². The predicted molar refractivity (Wildman–Crippen MR) is 94.8 cm³/mol. The molecule has 5 heteroatoms. The van der Waals surface area contributed by atoms with Crippen molar-refractivity contribution >= 4 is 22.8 Å². The van der Waals surface area contributed by atoms with Crippen molar-refractivity contribution in [1.29, 1.82) is 0 Å². The van der Waals surface area contributed by atoms with Gasteiger partial charge in [-0.15, -0.1) is 0 Å². The number of amides is 1. The van der Waals surface area contributed by atoms with Crippen molar-refractivity contribution in [3.63, 3.8) is 0 Å². The summed E-state index contributed by atoms with van der Waals surface area (Å²) >= 11 is 0. The molecule has 1 aromatic carbocycles. The average Bonchev–Trinajstić information content (AvgIpc) is 3.36. The highest BCUT2D eigenvalue weighted by molar-refractivity contribution is 6.06. The third-order valence-corrected chi connectivity index (χ3v) is 5.40. The van der Waals surface area contributed by atoms with E-state index in [0.717, 1.165) is 54.3 Å². The summed E-state index contributed by atoms with van der Waals surface area (Å²) < 4.78 is 0. The number of nitrogens with zero attached hydrogens (tertiary/aromatic N) is 1. The van der Waals surface area contributed by atoms with Crippen LogP contribution in [0.3, 0.4) is 0 Å². The Bertz CT molecular complexity index is 867. The molecule has 130 valence electrons. The first-order valence-corrected chi connectivity index (χ1v) is 8.91. The van der Waals surface area contributed by atoms with E-state index in [2.05, 4.69) is 5.32 Å². The molecule has 2 aromatic rings. The summed E-state index contributed by atoms with van der Waals surface area (Å²) in [7, 11) is 0. The minimum atomic E-state index is -0.867. The predicted octanol–water partition coefficient (Wildman–Crippen LogP) is 3.55. The number of aryl methyl sites for hydroxylation is 1. The highest BCUT2D eigenvalue weighted by Gasteiger charge is 2.41. The zero-order valence-electron chi connectivity index (χ0n) is 14.3. The molecule has 2 saturated carbocycles. The second-order valence-corrected chi connectivity index (χ2v) is 7.55. The molecule has 0 radical (unpaired) electrons. The van der Waals surface area contributed by atoms with Gasteiger partial charge in [-0.25, -0.2) is 0 Å². The number of carbonyl (C=O) groups excluding carboxylic acids is 1. The normalized spacial score (nSPS) is 18.6. The van der Waals surface area contributed by atoms with Gasteiger partial charge in [0.2, 0.25) is 0 Å². The molecule has 4 rings (SSSR count). The van der Waals surface area contributed by atoms with E-state index < -0.39 is 11.5 Å². The molecule has 0 unspecified atom stereocenters. The average molecular weight is 338 g/mol. The summed E-state index contributed by atoms with van der Waals surface area (Å²) in [6.45, 7) is 1.99. The van der Waals surface area contributed by atoms with E-state index in [1.807, 2.05) is 31.2 Å². The highest BCUT2D eigenvalue weighted by atomic mass is 16.4. The Morgan fingerprint density at radius 3 is 2.64 bits per heavy atom. The number of pyridine rings is 1. The van der Waals surface area contributed by atoms with Crippen LogP contribution in [-0.4, -0.2) is 27.5 Å². The molecule has 0 atom stereocenters. The number of aromatic nitrogens is 1. The van der Waals surface area contributed by atoms with E-state index in [0.29, 0.717) is 11.5 Å². The number of carboxylic acid groups (broad SMARTS) is 1. The van der Waals surface area contributed by atoms with Crippen LogP contribution >= 0.6 is 0 Å². The first-order valence-electron chi connectivity index (χ1n) is 8.91. The Morgan fingerprint density at radius 1 is 1.28 bits per heavy atom. The zero-order valence-corrected chi connectivity index (χ0v) is 14.3. The molecule has 2 fully saturated rings. The van der Waals surface area contributed by atoms with Crippen LogP contribution in [0.2, 0.25) is 0 Å². The maximum absolute atomic E-state index is 13.0. The Hall–Kier alpha value is -2.43. The topological polar surface area (TPSA) is 79.3 Å². The molecule has 5 nitrogen and oxygen atoms in total. The number of carboxylic acids is 1. The molecule has 0 bridgehead atoms. The summed E-state index contributed by atoms with van der Waals surface area (Å²) in [6.07, 6.45) is 4.63. The molecule has 0 aliphatic heterocycles. The molecular formula is C20H22N2O3. The molecule has 2 aliphatic rings. The van der Waals surface area contributed by atoms with E-state index in [1.165, 1.54) is 0 Å². The van der Waals surface area contributed by atoms with Crippen LogP contribution in [0.25, 0.3) is 10.9 Å². The number of carbonyl (C=O) groups is 2. The second kappa shape index (κ2) is 5.83. The number of benzene rings is 1. The second-order valence-electron chi connectivity index (χ2n) is 7.55. The van der Waals surface area contributed by atoms with Crippen molar-refractivity contribution in [2.24, 2.45) is 0 Å². The summed E-state index contributed by atoms with van der Waals surface area (Å²) in [5.74, 6) is -0.594. The molecule has 0 spiro atoms. The van der Waals surface area contributed by atoms with Crippen LogP contribution in [-0.2, 0) is 4.79 Å². The van der Waals surface area contributed by atoms with Gasteiger partial charge in [-0.2, -0.15) is 0 Å². The van der Waals surface area contributed by atoms with E-state index >= 15 is 0 Å². The van der Waals surface area contributed by atoms with Crippen molar-refractivity contribution in [3.05, 3.63) is 41.1 Å². The van der Waals surface area contributed by atoms with E-state index in [-0.39, 0.29) is 12.3 Å². The fourth-order valence-corrected chi connectivity index (χ4v) is 3.68. The van der Waals surface area contributed by atoms with E-state index in [9.17, 15) is 9.59 Å². The number of hydrogen-bond donors (Lipinski definition) is 2. The van der Waals surface area contributed by atoms with Crippen molar-refractivity contribution in [3.8, 4) is 0 Å². The van der Waals surface area contributed by atoms with Crippen molar-refractivity contribution in [2.75, 3.05) is 0 Å². The molecule has 25 heavy (non-hydrogen) atoms. The molecule has 1 aromatic heterocycles. The minimum Gasteiger partial charge on any atom is -0.481 e. The van der Waals surface area contributed by atoms with Crippen LogP contribution in [0.15, 0.2) is 24.3 Å². The summed E-state index contributed by atoms with van der Waals surface area (Å²) in [6, 6.07) is 7.86. The van der Waals surface area contributed by atoms with Crippen molar-refractivity contribution in [2.45, 2.75) is 56.9 Å². The lowest BCUT2D eigenvalue weighted by Gasteiger charge is -2.41. The number of fused-ring (bicyclic) bond motifs is 1. The van der Waals surface area contributed by atoms with Crippen molar-refractivity contribution in [1.82, 2.24) is 10.3 Å². The zero-order chi connectivity index (χ0) is 17.6. The largest absolute Gasteiger partial charge is 0.481 e. The lowest BCUT2D eigenvalue weighted by atomic mass is 9.74. The van der Waals surface area contributed by atoms with Crippen molar-refractivity contribution < 1.29 is 14.7 Å². The number of hydrogen-bond acceptors (Lipinski definition) is 3. The Balaban J connectivity index is 1.72. The van der Waals surface area contributed by atoms with Crippen LogP contribution in [0, 0.1) is 6.92 Å². The Kier molecular flexibility index (Phi) is 3.74. The maximum atomic E-state index is 13.0. The number of rotatable bonds is 5. The van der Waals surface area contributed by atoms with E-state index in [1.54, 1.807) is 0 Å². The Labute approximate surface area is 146 Å². The summed E-state index contributed by atoms with van der Waals surface area (Å²) in [5.41, 5.74) is 2.91. The first-order chi connectivity index (χ1) is 12.0. The molecular weight excluding hydrogens is 316 g/mol. The lowest BCUT2D eigenvalue weighted by Crippen LogP contribution is -2.54. The van der Waals surface area contributed by atoms with Gasteiger partial charge in [-0.05, 0) is 57.2 Å². The van der Waals surface area contributed by atoms with Crippen LogP contribution < -0.4 is 5.32 Å². The van der Waals surface area contributed by atoms with Crippen LogP contribution in [0.1, 0.15) is 66.1 Å². The molecule has 2 N–H and O–H groups in total.